The molecule has 0 fully saturated rings. The molecule has 7 heteroatoms. The van der Waals surface area contributed by atoms with Crippen molar-refractivity contribution in [3.05, 3.63) is 70.7 Å². The minimum Gasteiger partial charge on any atom is -0.489 e. The number of carbonyl (C=O) groups excluding carboxylic acids is 1. The molecule has 0 radical (unpaired) electrons. The molecule has 1 aromatic heterocycles. The summed E-state index contributed by atoms with van der Waals surface area (Å²) in [6, 6.07) is 10.5. The van der Waals surface area contributed by atoms with Crippen molar-refractivity contribution in [1.29, 1.82) is 0 Å². The SMILES string of the molecule is CC(C)NC(=O)c1csc(-c2ccc(OCc3cc(F)cc(F)c3)cc2)n1. The highest BCUT2D eigenvalue weighted by atomic mass is 32.1. The lowest BCUT2D eigenvalue weighted by Gasteiger charge is -2.07. The van der Waals surface area contributed by atoms with E-state index in [0.717, 1.165) is 16.6 Å². The third kappa shape index (κ3) is 5.10. The zero-order valence-electron chi connectivity index (χ0n) is 14.8. The van der Waals surface area contributed by atoms with Crippen LogP contribution in [0.1, 0.15) is 29.9 Å². The first-order chi connectivity index (χ1) is 12.9. The summed E-state index contributed by atoms with van der Waals surface area (Å²) in [7, 11) is 0. The minimum atomic E-state index is -0.634. The van der Waals surface area contributed by atoms with Crippen LogP contribution in [0.5, 0.6) is 5.75 Å². The van der Waals surface area contributed by atoms with Gasteiger partial charge in [0.25, 0.3) is 5.91 Å². The van der Waals surface area contributed by atoms with E-state index in [0.29, 0.717) is 17.0 Å². The first kappa shape index (κ1) is 19.0. The monoisotopic (exact) mass is 388 g/mol. The molecular weight excluding hydrogens is 370 g/mol. The van der Waals surface area contributed by atoms with Gasteiger partial charge in [0.1, 0.15) is 34.7 Å². The van der Waals surface area contributed by atoms with Crippen molar-refractivity contribution in [2.75, 3.05) is 0 Å². The Kier molecular flexibility index (Phi) is 5.81. The average molecular weight is 388 g/mol. The molecule has 0 saturated heterocycles. The number of hydrogen-bond acceptors (Lipinski definition) is 4. The highest BCUT2D eigenvalue weighted by molar-refractivity contribution is 7.13. The predicted molar refractivity (Wildman–Crippen MR) is 101 cm³/mol. The van der Waals surface area contributed by atoms with Crippen molar-refractivity contribution in [2.45, 2.75) is 26.5 Å². The fourth-order valence-corrected chi connectivity index (χ4v) is 3.21. The van der Waals surface area contributed by atoms with Crippen LogP contribution in [0.2, 0.25) is 0 Å². The molecule has 0 bridgehead atoms. The van der Waals surface area contributed by atoms with Crippen LogP contribution in [0.4, 0.5) is 8.78 Å². The van der Waals surface area contributed by atoms with Gasteiger partial charge in [0.05, 0.1) is 0 Å². The van der Waals surface area contributed by atoms with Crippen LogP contribution in [-0.2, 0) is 6.61 Å². The van der Waals surface area contributed by atoms with Gasteiger partial charge in [0.15, 0.2) is 0 Å². The van der Waals surface area contributed by atoms with Gasteiger partial charge in [-0.05, 0) is 55.8 Å². The maximum atomic E-state index is 13.2. The molecule has 0 atom stereocenters. The summed E-state index contributed by atoms with van der Waals surface area (Å²) in [6.45, 7) is 3.84. The summed E-state index contributed by atoms with van der Waals surface area (Å²) in [4.78, 5) is 16.3. The Hall–Kier alpha value is -2.80. The van der Waals surface area contributed by atoms with Crippen LogP contribution >= 0.6 is 11.3 Å². The molecule has 0 spiro atoms. The molecule has 1 heterocycles. The number of rotatable bonds is 6. The molecule has 0 aliphatic carbocycles. The topological polar surface area (TPSA) is 51.2 Å². The second-order valence-electron chi connectivity index (χ2n) is 6.26. The van der Waals surface area contributed by atoms with E-state index < -0.39 is 11.6 Å². The van der Waals surface area contributed by atoms with E-state index >= 15 is 0 Å². The summed E-state index contributed by atoms with van der Waals surface area (Å²) in [5.74, 6) is -0.900. The van der Waals surface area contributed by atoms with Crippen molar-refractivity contribution in [1.82, 2.24) is 10.3 Å². The smallest absolute Gasteiger partial charge is 0.270 e. The molecule has 27 heavy (non-hydrogen) atoms. The van der Waals surface area contributed by atoms with Crippen molar-refractivity contribution in [2.24, 2.45) is 0 Å². The van der Waals surface area contributed by atoms with Gasteiger partial charge < -0.3 is 10.1 Å². The highest BCUT2D eigenvalue weighted by Gasteiger charge is 2.12. The number of benzene rings is 2. The number of thiazole rings is 1. The van der Waals surface area contributed by atoms with Gasteiger partial charge in [0, 0.05) is 23.1 Å². The van der Waals surface area contributed by atoms with E-state index in [2.05, 4.69) is 10.3 Å². The van der Waals surface area contributed by atoms with Crippen LogP contribution in [-0.4, -0.2) is 16.9 Å². The number of amides is 1. The minimum absolute atomic E-state index is 0.0469. The summed E-state index contributed by atoms with van der Waals surface area (Å²) < 4.78 is 32.0. The molecule has 4 nitrogen and oxygen atoms in total. The molecule has 1 amide bonds. The average Bonchev–Trinajstić information content (AvgIpc) is 3.09. The van der Waals surface area contributed by atoms with Gasteiger partial charge in [-0.3, -0.25) is 4.79 Å². The fraction of sp³-hybridized carbons (Fsp3) is 0.200. The lowest BCUT2D eigenvalue weighted by atomic mass is 10.2. The van der Waals surface area contributed by atoms with Crippen LogP contribution in [0, 0.1) is 11.6 Å². The van der Waals surface area contributed by atoms with E-state index in [-0.39, 0.29) is 18.6 Å². The molecule has 1 N–H and O–H groups in total. The lowest BCUT2D eigenvalue weighted by Crippen LogP contribution is -2.30. The number of nitrogens with zero attached hydrogens (tertiary/aromatic N) is 1. The maximum absolute atomic E-state index is 13.2. The van der Waals surface area contributed by atoms with Gasteiger partial charge in [-0.25, -0.2) is 13.8 Å². The molecule has 0 aliphatic rings. The Morgan fingerprint density at radius 1 is 1.15 bits per heavy atom. The lowest BCUT2D eigenvalue weighted by molar-refractivity contribution is 0.0939. The maximum Gasteiger partial charge on any atom is 0.270 e. The summed E-state index contributed by atoms with van der Waals surface area (Å²) in [5.41, 5.74) is 1.65. The fourth-order valence-electron chi connectivity index (χ4n) is 2.40. The van der Waals surface area contributed by atoms with E-state index in [1.807, 2.05) is 26.0 Å². The molecule has 140 valence electrons. The number of nitrogens with one attached hydrogen (secondary N) is 1. The Morgan fingerprint density at radius 2 is 1.81 bits per heavy atom. The second kappa shape index (κ2) is 8.26. The standard InChI is InChI=1S/C20H18F2N2O2S/c1-12(2)23-19(25)18-11-27-20(24-18)14-3-5-17(6-4-14)26-10-13-7-15(21)9-16(22)8-13/h3-9,11-12H,10H2,1-2H3,(H,23,25). The summed E-state index contributed by atoms with van der Waals surface area (Å²) in [6.07, 6.45) is 0. The largest absolute Gasteiger partial charge is 0.489 e. The Balaban J connectivity index is 1.65. The third-order valence-corrected chi connectivity index (χ3v) is 4.48. The van der Waals surface area contributed by atoms with Gasteiger partial charge >= 0.3 is 0 Å². The molecular formula is C20H18F2N2O2S. The first-order valence-electron chi connectivity index (χ1n) is 8.35. The predicted octanol–water partition coefficient (Wildman–Crippen LogP) is 4.81. The van der Waals surface area contributed by atoms with E-state index in [9.17, 15) is 13.6 Å². The molecule has 0 saturated carbocycles. The number of aromatic nitrogens is 1. The molecule has 2 aromatic carbocycles. The van der Waals surface area contributed by atoms with Crippen LogP contribution < -0.4 is 10.1 Å². The highest BCUT2D eigenvalue weighted by Crippen LogP contribution is 2.26. The number of carbonyl (C=O) groups is 1. The van der Waals surface area contributed by atoms with E-state index in [1.165, 1.54) is 23.5 Å². The van der Waals surface area contributed by atoms with Gasteiger partial charge in [-0.2, -0.15) is 0 Å². The first-order valence-corrected chi connectivity index (χ1v) is 9.23. The van der Waals surface area contributed by atoms with Gasteiger partial charge in [-0.15, -0.1) is 11.3 Å². The third-order valence-electron chi connectivity index (χ3n) is 3.59. The normalized spacial score (nSPS) is 10.9. The number of halogens is 2. The van der Waals surface area contributed by atoms with Crippen molar-refractivity contribution in [3.8, 4) is 16.3 Å². The molecule has 0 aliphatic heterocycles. The zero-order chi connectivity index (χ0) is 19.4. The molecule has 0 unspecified atom stereocenters. The summed E-state index contributed by atoms with van der Waals surface area (Å²) in [5, 5.41) is 5.25. The quantitative estimate of drug-likeness (QED) is 0.660. The Bertz CT molecular complexity index is 919. The van der Waals surface area contributed by atoms with Crippen molar-refractivity contribution in [3.63, 3.8) is 0 Å². The number of ether oxygens (including phenoxy) is 1. The van der Waals surface area contributed by atoms with Gasteiger partial charge in [0.2, 0.25) is 0 Å². The Labute approximate surface area is 159 Å². The van der Waals surface area contributed by atoms with E-state index in [1.54, 1.807) is 17.5 Å². The molecule has 3 aromatic rings. The zero-order valence-corrected chi connectivity index (χ0v) is 15.6. The van der Waals surface area contributed by atoms with Crippen LogP contribution in [0.3, 0.4) is 0 Å². The van der Waals surface area contributed by atoms with E-state index in [4.69, 9.17) is 4.74 Å². The molecule has 3 rings (SSSR count). The summed E-state index contributed by atoms with van der Waals surface area (Å²) >= 11 is 1.38. The number of hydrogen-bond donors (Lipinski definition) is 1. The van der Waals surface area contributed by atoms with Gasteiger partial charge in [-0.1, -0.05) is 0 Å². The Morgan fingerprint density at radius 3 is 2.44 bits per heavy atom. The second-order valence-corrected chi connectivity index (χ2v) is 7.11. The van der Waals surface area contributed by atoms with Crippen LogP contribution in [0.25, 0.3) is 10.6 Å². The van der Waals surface area contributed by atoms with Crippen LogP contribution in [0.15, 0.2) is 47.8 Å². The van der Waals surface area contributed by atoms with Crippen molar-refractivity contribution < 1.29 is 18.3 Å². The van der Waals surface area contributed by atoms with Crippen molar-refractivity contribution >= 4 is 17.2 Å².